The summed E-state index contributed by atoms with van der Waals surface area (Å²) in [6.07, 6.45) is 7.49. The summed E-state index contributed by atoms with van der Waals surface area (Å²) in [7, 11) is 3.34. The first kappa shape index (κ1) is 23.7. The van der Waals surface area contributed by atoms with Crippen molar-refractivity contribution in [3.63, 3.8) is 0 Å². The van der Waals surface area contributed by atoms with E-state index in [0.29, 0.717) is 13.0 Å². The predicted octanol–water partition coefficient (Wildman–Crippen LogP) is 6.07. The number of oxazole rings is 1. The van der Waals surface area contributed by atoms with E-state index in [4.69, 9.17) is 24.6 Å². The molecular formula is C30H29N5O3. The lowest BCUT2D eigenvalue weighted by Gasteiger charge is -1.99. The molecule has 0 aliphatic rings. The van der Waals surface area contributed by atoms with E-state index >= 15 is 0 Å². The highest BCUT2D eigenvalue weighted by Crippen LogP contribution is 2.28. The molecule has 0 saturated heterocycles. The molecule has 8 nitrogen and oxygen atoms in total. The molecule has 0 bridgehead atoms. The monoisotopic (exact) mass is 507 g/mol. The standard InChI is InChI=1S/C19H15N3O2.C11H14N2O/c1-23-12-2-3-13-11(10-21-16(13)9-12)8-18-22-19-14-6-7-20-15(14)4-5-17(19)24-18;1-14-9-2-3-10-8(4-5-12)7-13-11(10)6-9/h2-7,9-10,20-21H,8H2,1H3;2-3,6-7,13H,4-5,12H2,1H3. The van der Waals surface area contributed by atoms with Gasteiger partial charge in [0.15, 0.2) is 11.5 Å². The lowest BCUT2D eigenvalue weighted by Crippen LogP contribution is -2.01. The van der Waals surface area contributed by atoms with Gasteiger partial charge in [-0.25, -0.2) is 4.98 Å². The molecule has 0 amide bonds. The van der Waals surface area contributed by atoms with Gasteiger partial charge in [0.25, 0.3) is 0 Å². The lowest BCUT2D eigenvalue weighted by atomic mass is 10.1. The fraction of sp³-hybridized carbons (Fsp3) is 0.167. The maximum absolute atomic E-state index is 5.95. The van der Waals surface area contributed by atoms with Crippen LogP contribution in [-0.4, -0.2) is 40.7 Å². The van der Waals surface area contributed by atoms with Crippen molar-refractivity contribution in [2.45, 2.75) is 12.8 Å². The van der Waals surface area contributed by atoms with Crippen LogP contribution in [0, 0.1) is 0 Å². The van der Waals surface area contributed by atoms with Gasteiger partial charge in [-0.1, -0.05) is 0 Å². The van der Waals surface area contributed by atoms with Crippen LogP contribution in [0.3, 0.4) is 0 Å². The zero-order chi connectivity index (χ0) is 26.1. The summed E-state index contributed by atoms with van der Waals surface area (Å²) in [5, 5.41) is 3.48. The fourth-order valence-corrected chi connectivity index (χ4v) is 4.90. The van der Waals surface area contributed by atoms with Crippen LogP contribution in [0.5, 0.6) is 11.5 Å². The summed E-state index contributed by atoms with van der Waals surface area (Å²) in [6.45, 7) is 0.680. The van der Waals surface area contributed by atoms with Crippen molar-refractivity contribution >= 4 is 43.8 Å². The Bertz CT molecular complexity index is 1860. The largest absolute Gasteiger partial charge is 0.497 e. The van der Waals surface area contributed by atoms with Gasteiger partial charge in [0.1, 0.15) is 17.0 Å². The van der Waals surface area contributed by atoms with Crippen LogP contribution < -0.4 is 15.2 Å². The number of rotatable bonds is 6. The van der Waals surface area contributed by atoms with Crippen molar-refractivity contribution in [2.75, 3.05) is 20.8 Å². The van der Waals surface area contributed by atoms with Crippen LogP contribution in [0.25, 0.3) is 43.8 Å². The molecule has 38 heavy (non-hydrogen) atoms. The van der Waals surface area contributed by atoms with E-state index in [1.54, 1.807) is 14.2 Å². The van der Waals surface area contributed by atoms with Gasteiger partial charge in [0, 0.05) is 63.4 Å². The zero-order valence-electron chi connectivity index (χ0n) is 21.3. The average Bonchev–Trinajstić information content (AvgIpc) is 3.74. The number of nitrogens with two attached hydrogens (primary N) is 1. The van der Waals surface area contributed by atoms with Gasteiger partial charge < -0.3 is 34.6 Å². The Morgan fingerprint density at radius 2 is 1.45 bits per heavy atom. The van der Waals surface area contributed by atoms with E-state index in [-0.39, 0.29) is 0 Å². The topological polar surface area (TPSA) is 118 Å². The molecule has 7 aromatic rings. The van der Waals surface area contributed by atoms with Gasteiger partial charge in [-0.2, -0.15) is 0 Å². The number of ether oxygens (including phenoxy) is 2. The first-order valence-corrected chi connectivity index (χ1v) is 12.5. The minimum atomic E-state index is 0.646. The van der Waals surface area contributed by atoms with Gasteiger partial charge in [0.05, 0.1) is 20.6 Å². The SMILES string of the molecule is COc1ccc2c(CCN)c[nH]c2c1.COc1ccc2c(Cc3nc4c(ccc5[nH]ccc54)o3)c[nH]c2c1. The minimum absolute atomic E-state index is 0.646. The summed E-state index contributed by atoms with van der Waals surface area (Å²) >= 11 is 0. The fourth-order valence-electron chi connectivity index (χ4n) is 4.90. The Balaban J connectivity index is 0.000000161. The number of fused-ring (bicyclic) bond motifs is 5. The number of hydrogen-bond donors (Lipinski definition) is 4. The molecule has 0 aliphatic carbocycles. The Labute approximate surface area is 218 Å². The van der Waals surface area contributed by atoms with Crippen molar-refractivity contribution in [2.24, 2.45) is 5.73 Å². The molecule has 8 heteroatoms. The number of hydrogen-bond acceptors (Lipinski definition) is 5. The maximum Gasteiger partial charge on any atom is 0.200 e. The Hall–Kier alpha value is -4.69. The van der Waals surface area contributed by atoms with Crippen molar-refractivity contribution in [3.8, 4) is 11.5 Å². The van der Waals surface area contributed by atoms with E-state index in [9.17, 15) is 0 Å². The molecule has 4 aromatic heterocycles. The molecule has 7 rings (SSSR count). The second-order valence-electron chi connectivity index (χ2n) is 9.13. The van der Waals surface area contributed by atoms with E-state index in [1.807, 2.05) is 61.1 Å². The van der Waals surface area contributed by atoms with Crippen LogP contribution in [0.4, 0.5) is 0 Å². The molecule has 0 unspecified atom stereocenters. The molecule has 3 aromatic carbocycles. The van der Waals surface area contributed by atoms with E-state index in [2.05, 4.69) is 27.1 Å². The average molecular weight is 508 g/mol. The number of aromatic nitrogens is 4. The first-order valence-electron chi connectivity index (χ1n) is 12.5. The van der Waals surface area contributed by atoms with Crippen LogP contribution in [0.1, 0.15) is 17.0 Å². The molecule has 0 aliphatic heterocycles. The molecule has 0 atom stereocenters. The molecule has 0 saturated carbocycles. The molecule has 192 valence electrons. The van der Waals surface area contributed by atoms with E-state index in [1.165, 1.54) is 10.9 Å². The maximum atomic E-state index is 5.95. The zero-order valence-corrected chi connectivity index (χ0v) is 21.3. The minimum Gasteiger partial charge on any atom is -0.497 e. The first-order chi connectivity index (χ1) is 18.7. The Morgan fingerprint density at radius 1 is 0.763 bits per heavy atom. The third-order valence-electron chi connectivity index (χ3n) is 6.84. The van der Waals surface area contributed by atoms with Crippen LogP contribution in [0.2, 0.25) is 0 Å². The molecular weight excluding hydrogens is 478 g/mol. The number of methoxy groups -OCH3 is 2. The molecule has 5 N–H and O–H groups in total. The molecule has 4 heterocycles. The third-order valence-corrected chi connectivity index (χ3v) is 6.84. The van der Waals surface area contributed by atoms with Crippen LogP contribution >= 0.6 is 0 Å². The van der Waals surface area contributed by atoms with E-state index < -0.39 is 0 Å². The molecule has 0 radical (unpaired) electrons. The van der Waals surface area contributed by atoms with Crippen molar-refractivity contribution < 1.29 is 13.9 Å². The number of nitrogens with zero attached hydrogens (tertiary/aromatic N) is 1. The van der Waals surface area contributed by atoms with Crippen molar-refractivity contribution in [1.82, 2.24) is 19.9 Å². The normalized spacial score (nSPS) is 11.3. The van der Waals surface area contributed by atoms with Gasteiger partial charge in [-0.05, 0) is 66.6 Å². The lowest BCUT2D eigenvalue weighted by molar-refractivity contribution is 0.415. The number of benzene rings is 3. The smallest absolute Gasteiger partial charge is 0.200 e. The molecule has 0 fully saturated rings. The second-order valence-corrected chi connectivity index (χ2v) is 9.13. The van der Waals surface area contributed by atoms with Crippen molar-refractivity contribution in [3.05, 3.63) is 90.2 Å². The van der Waals surface area contributed by atoms with Gasteiger partial charge >= 0.3 is 0 Å². The molecule has 0 spiro atoms. The number of H-pyrrole nitrogens is 3. The quantitative estimate of drug-likeness (QED) is 0.218. The summed E-state index contributed by atoms with van der Waals surface area (Å²) < 4.78 is 16.4. The van der Waals surface area contributed by atoms with Gasteiger partial charge in [-0.3, -0.25) is 0 Å². The van der Waals surface area contributed by atoms with Gasteiger partial charge in [-0.15, -0.1) is 0 Å². The summed E-state index contributed by atoms with van der Waals surface area (Å²) in [4.78, 5) is 14.4. The second kappa shape index (κ2) is 9.99. The third kappa shape index (κ3) is 4.35. The highest BCUT2D eigenvalue weighted by molar-refractivity contribution is 6.02. The number of nitrogens with one attached hydrogen (secondary N) is 3. The van der Waals surface area contributed by atoms with Crippen LogP contribution in [-0.2, 0) is 12.8 Å². The van der Waals surface area contributed by atoms with Gasteiger partial charge in [0.2, 0.25) is 0 Å². The number of aromatic amines is 3. The van der Waals surface area contributed by atoms with E-state index in [0.717, 1.165) is 67.8 Å². The van der Waals surface area contributed by atoms with Crippen molar-refractivity contribution in [1.29, 1.82) is 0 Å². The van der Waals surface area contributed by atoms with Crippen LogP contribution in [0.15, 0.2) is 77.6 Å². The summed E-state index contributed by atoms with van der Waals surface area (Å²) in [5.74, 6) is 2.43. The highest BCUT2D eigenvalue weighted by Gasteiger charge is 2.13. The highest BCUT2D eigenvalue weighted by atomic mass is 16.5. The summed E-state index contributed by atoms with van der Waals surface area (Å²) in [5.41, 5.74) is 12.9. The Kier molecular flexibility index (Phi) is 6.23. The Morgan fingerprint density at radius 3 is 2.13 bits per heavy atom. The summed E-state index contributed by atoms with van der Waals surface area (Å²) in [6, 6.07) is 18.1. The predicted molar refractivity (Wildman–Crippen MR) is 151 cm³/mol.